The van der Waals surface area contributed by atoms with Gasteiger partial charge in [0.2, 0.25) is 0 Å². The molecule has 27 heavy (non-hydrogen) atoms. The van der Waals surface area contributed by atoms with Crippen molar-refractivity contribution in [2.45, 2.75) is 13.8 Å². The van der Waals surface area contributed by atoms with Crippen molar-refractivity contribution in [2.24, 2.45) is 0 Å². The van der Waals surface area contributed by atoms with Crippen molar-refractivity contribution in [3.8, 4) is 5.75 Å². The Morgan fingerprint density at radius 3 is 2.11 bits per heavy atom. The van der Waals surface area contributed by atoms with E-state index in [1.807, 2.05) is 0 Å². The quantitative estimate of drug-likeness (QED) is 0.717. The average molecular weight is 371 g/mol. The highest BCUT2D eigenvalue weighted by Gasteiger charge is 2.10. The molecule has 0 aliphatic rings. The number of amides is 1. The summed E-state index contributed by atoms with van der Waals surface area (Å²) in [5.41, 5.74) is 1.28. The van der Waals surface area contributed by atoms with Crippen LogP contribution in [0.2, 0.25) is 0 Å². The first-order valence-corrected chi connectivity index (χ1v) is 8.50. The van der Waals surface area contributed by atoms with Crippen molar-refractivity contribution < 1.29 is 28.6 Å². The van der Waals surface area contributed by atoms with E-state index in [1.165, 1.54) is 6.07 Å². The van der Waals surface area contributed by atoms with Gasteiger partial charge in [0, 0.05) is 5.69 Å². The maximum atomic E-state index is 12.0. The predicted molar refractivity (Wildman–Crippen MR) is 98.9 cm³/mol. The first-order valence-electron chi connectivity index (χ1n) is 8.50. The molecule has 7 heteroatoms. The summed E-state index contributed by atoms with van der Waals surface area (Å²) in [7, 11) is 0. The number of nitrogens with one attached hydrogen (secondary N) is 1. The van der Waals surface area contributed by atoms with Gasteiger partial charge in [-0.3, -0.25) is 4.79 Å². The van der Waals surface area contributed by atoms with Crippen LogP contribution in [0.25, 0.3) is 0 Å². The van der Waals surface area contributed by atoms with Gasteiger partial charge in [-0.25, -0.2) is 9.59 Å². The zero-order chi connectivity index (χ0) is 19.6. The Morgan fingerprint density at radius 2 is 1.48 bits per heavy atom. The van der Waals surface area contributed by atoms with E-state index >= 15 is 0 Å². The Bertz CT molecular complexity index is 800. The molecule has 0 radical (unpaired) electrons. The summed E-state index contributed by atoms with van der Waals surface area (Å²) in [5, 5.41) is 2.66. The molecular formula is C20H21NO6. The molecule has 0 spiro atoms. The fourth-order valence-corrected chi connectivity index (χ4v) is 2.18. The molecule has 0 saturated heterocycles. The van der Waals surface area contributed by atoms with Gasteiger partial charge in [0.25, 0.3) is 5.91 Å². The first kappa shape index (κ1) is 20.0. The molecule has 0 saturated carbocycles. The second-order valence-electron chi connectivity index (χ2n) is 5.38. The monoisotopic (exact) mass is 371 g/mol. The largest absolute Gasteiger partial charge is 0.484 e. The number of ether oxygens (including phenoxy) is 3. The molecule has 1 amide bonds. The van der Waals surface area contributed by atoms with Crippen LogP contribution in [0.1, 0.15) is 34.6 Å². The average Bonchev–Trinajstić information content (AvgIpc) is 2.67. The first-order chi connectivity index (χ1) is 13.0. The van der Waals surface area contributed by atoms with Crippen molar-refractivity contribution in [3.05, 3.63) is 59.7 Å². The second-order valence-corrected chi connectivity index (χ2v) is 5.38. The minimum atomic E-state index is -0.450. The molecule has 0 heterocycles. The molecular weight excluding hydrogens is 350 g/mol. The van der Waals surface area contributed by atoms with Crippen molar-refractivity contribution >= 4 is 23.5 Å². The summed E-state index contributed by atoms with van der Waals surface area (Å²) in [6.45, 7) is 3.80. The number of hydrogen-bond donors (Lipinski definition) is 1. The topological polar surface area (TPSA) is 90.9 Å². The fourth-order valence-electron chi connectivity index (χ4n) is 2.18. The standard InChI is InChI=1S/C20H21NO6/c1-3-25-19(23)14-8-10-16(11-9-14)21-18(22)13-27-17-7-5-6-15(12-17)20(24)26-4-2/h5-12H,3-4,13H2,1-2H3,(H,21,22). The van der Waals surface area contributed by atoms with Crippen LogP contribution in [-0.2, 0) is 14.3 Å². The second kappa shape index (κ2) is 9.96. The van der Waals surface area contributed by atoms with E-state index in [9.17, 15) is 14.4 Å². The van der Waals surface area contributed by atoms with E-state index in [-0.39, 0.29) is 19.1 Å². The van der Waals surface area contributed by atoms with Crippen molar-refractivity contribution in [1.82, 2.24) is 0 Å². The number of carbonyl (C=O) groups excluding carboxylic acids is 3. The van der Waals surface area contributed by atoms with Crippen LogP contribution in [0, 0.1) is 0 Å². The summed E-state index contributed by atoms with van der Waals surface area (Å²) in [6, 6.07) is 12.7. The minimum Gasteiger partial charge on any atom is -0.484 e. The zero-order valence-electron chi connectivity index (χ0n) is 15.2. The predicted octanol–water partition coefficient (Wildman–Crippen LogP) is 3.06. The Labute approximate surface area is 157 Å². The van der Waals surface area contributed by atoms with E-state index < -0.39 is 11.9 Å². The lowest BCUT2D eigenvalue weighted by Crippen LogP contribution is -2.20. The van der Waals surface area contributed by atoms with Gasteiger partial charge >= 0.3 is 11.9 Å². The Balaban J connectivity index is 1.88. The summed E-state index contributed by atoms with van der Waals surface area (Å²) in [6.07, 6.45) is 0. The lowest BCUT2D eigenvalue weighted by Gasteiger charge is -2.09. The zero-order valence-corrected chi connectivity index (χ0v) is 15.2. The smallest absolute Gasteiger partial charge is 0.338 e. The van der Waals surface area contributed by atoms with Gasteiger partial charge in [0.05, 0.1) is 24.3 Å². The SMILES string of the molecule is CCOC(=O)c1ccc(NC(=O)COc2cccc(C(=O)OCC)c2)cc1. The Morgan fingerprint density at radius 1 is 0.852 bits per heavy atom. The van der Waals surface area contributed by atoms with Crippen molar-refractivity contribution in [3.63, 3.8) is 0 Å². The molecule has 2 aromatic carbocycles. The minimum absolute atomic E-state index is 0.230. The van der Waals surface area contributed by atoms with E-state index in [2.05, 4.69) is 5.32 Å². The van der Waals surface area contributed by atoms with Crippen LogP contribution in [0.5, 0.6) is 5.75 Å². The number of hydrogen-bond acceptors (Lipinski definition) is 6. The van der Waals surface area contributed by atoms with E-state index in [0.717, 1.165) is 0 Å². The third-order valence-corrected chi connectivity index (χ3v) is 3.39. The lowest BCUT2D eigenvalue weighted by molar-refractivity contribution is -0.118. The molecule has 0 aliphatic heterocycles. The number of carbonyl (C=O) groups is 3. The van der Waals surface area contributed by atoms with Crippen molar-refractivity contribution in [2.75, 3.05) is 25.1 Å². The summed E-state index contributed by atoms with van der Waals surface area (Å²) < 4.78 is 15.2. The summed E-state index contributed by atoms with van der Waals surface area (Å²) in [4.78, 5) is 35.3. The van der Waals surface area contributed by atoms with Gasteiger partial charge in [0.15, 0.2) is 6.61 Å². The molecule has 0 unspecified atom stereocenters. The highest BCUT2D eigenvalue weighted by atomic mass is 16.5. The molecule has 2 rings (SSSR count). The molecule has 0 fully saturated rings. The van der Waals surface area contributed by atoms with Gasteiger partial charge in [-0.05, 0) is 56.3 Å². The lowest BCUT2D eigenvalue weighted by atomic mass is 10.2. The third-order valence-electron chi connectivity index (χ3n) is 3.39. The highest BCUT2D eigenvalue weighted by molar-refractivity contribution is 5.94. The molecule has 0 bridgehead atoms. The van der Waals surface area contributed by atoms with Crippen LogP contribution < -0.4 is 10.1 Å². The van der Waals surface area contributed by atoms with E-state index in [4.69, 9.17) is 14.2 Å². The number of rotatable bonds is 8. The van der Waals surface area contributed by atoms with Crippen LogP contribution >= 0.6 is 0 Å². The summed E-state index contributed by atoms with van der Waals surface area (Å²) in [5.74, 6) is -0.858. The van der Waals surface area contributed by atoms with Crippen LogP contribution in [0.15, 0.2) is 48.5 Å². The van der Waals surface area contributed by atoms with Gasteiger partial charge in [-0.1, -0.05) is 6.07 Å². The van der Waals surface area contributed by atoms with E-state index in [1.54, 1.807) is 56.3 Å². The van der Waals surface area contributed by atoms with Gasteiger partial charge < -0.3 is 19.5 Å². The number of anilines is 1. The maximum Gasteiger partial charge on any atom is 0.338 e. The molecule has 2 aromatic rings. The number of esters is 2. The van der Waals surface area contributed by atoms with Crippen LogP contribution in [0.3, 0.4) is 0 Å². The molecule has 0 aliphatic carbocycles. The summed E-state index contributed by atoms with van der Waals surface area (Å²) >= 11 is 0. The third kappa shape index (κ3) is 6.14. The normalized spacial score (nSPS) is 10.0. The highest BCUT2D eigenvalue weighted by Crippen LogP contribution is 2.15. The van der Waals surface area contributed by atoms with Crippen molar-refractivity contribution in [1.29, 1.82) is 0 Å². The Hall–Kier alpha value is -3.35. The molecule has 142 valence electrons. The fraction of sp³-hybridized carbons (Fsp3) is 0.250. The van der Waals surface area contributed by atoms with Crippen LogP contribution in [0.4, 0.5) is 5.69 Å². The van der Waals surface area contributed by atoms with E-state index in [0.29, 0.717) is 29.2 Å². The maximum absolute atomic E-state index is 12.0. The van der Waals surface area contributed by atoms with Gasteiger partial charge in [-0.15, -0.1) is 0 Å². The molecule has 7 nitrogen and oxygen atoms in total. The molecule has 1 N–H and O–H groups in total. The molecule has 0 aromatic heterocycles. The molecule has 0 atom stereocenters. The van der Waals surface area contributed by atoms with Gasteiger partial charge in [0.1, 0.15) is 5.75 Å². The Kier molecular flexibility index (Phi) is 7.37. The number of benzene rings is 2. The van der Waals surface area contributed by atoms with Crippen LogP contribution in [-0.4, -0.2) is 37.7 Å². The van der Waals surface area contributed by atoms with Gasteiger partial charge in [-0.2, -0.15) is 0 Å².